The average Bonchev–Trinajstić information content (AvgIpc) is 2.55. The maximum atomic E-state index is 13.6. The predicted octanol–water partition coefficient (Wildman–Crippen LogP) is 3.07. The Morgan fingerprint density at radius 3 is 2.48 bits per heavy atom. The number of benzene rings is 2. The second-order valence-corrected chi connectivity index (χ2v) is 5.38. The normalized spacial score (nSPS) is 11.7. The molecule has 1 N–H and O–H groups in total. The molecule has 0 aromatic heterocycles. The first-order valence-corrected chi connectivity index (χ1v) is 7.50. The summed E-state index contributed by atoms with van der Waals surface area (Å²) in [5, 5.41) is 2.43. The molecule has 0 spiro atoms. The van der Waals surface area contributed by atoms with Crippen molar-refractivity contribution in [1.29, 1.82) is 0 Å². The van der Waals surface area contributed by atoms with E-state index in [9.17, 15) is 22.8 Å². The molecule has 25 heavy (non-hydrogen) atoms. The molecule has 0 heterocycles. The van der Waals surface area contributed by atoms with Crippen molar-refractivity contribution >= 4 is 11.9 Å². The Labute approximate surface area is 142 Å². The lowest BCUT2D eigenvalue weighted by Gasteiger charge is -2.15. The Morgan fingerprint density at radius 1 is 1.08 bits per heavy atom. The Hall–Kier alpha value is -2.83. The van der Waals surface area contributed by atoms with Gasteiger partial charge in [-0.3, -0.25) is 9.59 Å². The molecule has 0 bridgehead atoms. The summed E-state index contributed by atoms with van der Waals surface area (Å²) in [7, 11) is 0. The van der Waals surface area contributed by atoms with Gasteiger partial charge in [-0.2, -0.15) is 0 Å². The minimum absolute atomic E-state index is 0.104. The molecule has 0 aliphatic heterocycles. The van der Waals surface area contributed by atoms with E-state index in [1.54, 1.807) is 6.07 Å². The van der Waals surface area contributed by atoms with Crippen molar-refractivity contribution in [2.75, 3.05) is 6.61 Å². The standard InChI is InChI=1S/C18H16F3NO3/c1-11(14-7-6-13(19)9-16(14)21)22-17(23)10-25-18(24)8-12-4-2-3-5-15(12)20/h2-7,9,11H,8,10H2,1H3,(H,22,23)/t11-/m1/s1. The molecular weight excluding hydrogens is 335 g/mol. The first-order chi connectivity index (χ1) is 11.9. The fourth-order valence-electron chi connectivity index (χ4n) is 2.21. The van der Waals surface area contributed by atoms with Crippen LogP contribution < -0.4 is 5.32 Å². The van der Waals surface area contributed by atoms with Crippen LogP contribution in [0, 0.1) is 17.5 Å². The topological polar surface area (TPSA) is 55.4 Å². The quantitative estimate of drug-likeness (QED) is 0.814. The molecule has 0 saturated carbocycles. The number of esters is 1. The third-order valence-electron chi connectivity index (χ3n) is 3.46. The van der Waals surface area contributed by atoms with E-state index >= 15 is 0 Å². The number of carbonyl (C=O) groups is 2. The highest BCUT2D eigenvalue weighted by Gasteiger charge is 2.16. The summed E-state index contributed by atoms with van der Waals surface area (Å²) in [6.07, 6.45) is -0.303. The summed E-state index contributed by atoms with van der Waals surface area (Å²) < 4.78 is 44.7. The van der Waals surface area contributed by atoms with Crippen LogP contribution in [0.25, 0.3) is 0 Å². The monoisotopic (exact) mass is 351 g/mol. The second-order valence-electron chi connectivity index (χ2n) is 5.38. The van der Waals surface area contributed by atoms with Crippen LogP contribution in [0.3, 0.4) is 0 Å². The van der Waals surface area contributed by atoms with E-state index < -0.39 is 42.0 Å². The van der Waals surface area contributed by atoms with Gasteiger partial charge in [-0.25, -0.2) is 13.2 Å². The number of rotatable bonds is 6. The van der Waals surface area contributed by atoms with E-state index in [-0.39, 0.29) is 17.5 Å². The largest absolute Gasteiger partial charge is 0.455 e. The molecule has 0 radical (unpaired) electrons. The Kier molecular flexibility index (Phi) is 6.16. The fraction of sp³-hybridized carbons (Fsp3) is 0.222. The number of hydrogen-bond acceptors (Lipinski definition) is 3. The van der Waals surface area contributed by atoms with Crippen LogP contribution >= 0.6 is 0 Å². The van der Waals surface area contributed by atoms with Gasteiger partial charge in [0.25, 0.3) is 5.91 Å². The van der Waals surface area contributed by atoms with Gasteiger partial charge in [-0.15, -0.1) is 0 Å². The number of hydrogen-bond donors (Lipinski definition) is 1. The number of ether oxygens (including phenoxy) is 1. The number of carbonyl (C=O) groups excluding carboxylic acids is 2. The first-order valence-electron chi connectivity index (χ1n) is 7.50. The molecule has 0 aliphatic carbocycles. The van der Waals surface area contributed by atoms with E-state index in [1.807, 2.05) is 0 Å². The fourth-order valence-corrected chi connectivity index (χ4v) is 2.21. The molecule has 2 aromatic carbocycles. The van der Waals surface area contributed by atoms with Crippen molar-refractivity contribution in [3.8, 4) is 0 Å². The van der Waals surface area contributed by atoms with Crippen LogP contribution in [0.5, 0.6) is 0 Å². The highest BCUT2D eigenvalue weighted by molar-refractivity contribution is 5.81. The van der Waals surface area contributed by atoms with Gasteiger partial charge in [0.05, 0.1) is 12.5 Å². The Balaban J connectivity index is 1.83. The van der Waals surface area contributed by atoms with Crippen LogP contribution in [-0.4, -0.2) is 18.5 Å². The van der Waals surface area contributed by atoms with Crippen LogP contribution in [0.4, 0.5) is 13.2 Å². The minimum Gasteiger partial charge on any atom is -0.455 e. The van der Waals surface area contributed by atoms with Crippen LogP contribution in [0.15, 0.2) is 42.5 Å². The van der Waals surface area contributed by atoms with Gasteiger partial charge in [-0.1, -0.05) is 24.3 Å². The average molecular weight is 351 g/mol. The van der Waals surface area contributed by atoms with Gasteiger partial charge in [0.2, 0.25) is 0 Å². The van der Waals surface area contributed by atoms with Crippen LogP contribution in [-0.2, 0) is 20.7 Å². The second kappa shape index (κ2) is 8.32. The van der Waals surface area contributed by atoms with Gasteiger partial charge < -0.3 is 10.1 Å². The molecule has 0 saturated heterocycles. The Morgan fingerprint density at radius 2 is 1.80 bits per heavy atom. The van der Waals surface area contributed by atoms with Crippen molar-refractivity contribution < 1.29 is 27.5 Å². The lowest BCUT2D eigenvalue weighted by atomic mass is 10.1. The zero-order valence-corrected chi connectivity index (χ0v) is 13.4. The van der Waals surface area contributed by atoms with E-state index in [1.165, 1.54) is 31.2 Å². The van der Waals surface area contributed by atoms with Crippen LogP contribution in [0.1, 0.15) is 24.1 Å². The maximum absolute atomic E-state index is 13.6. The van der Waals surface area contributed by atoms with Gasteiger partial charge in [0.15, 0.2) is 6.61 Å². The SMILES string of the molecule is C[C@@H](NC(=O)COC(=O)Cc1ccccc1F)c1ccc(F)cc1F. The highest BCUT2D eigenvalue weighted by atomic mass is 19.1. The predicted molar refractivity (Wildman–Crippen MR) is 84.0 cm³/mol. The maximum Gasteiger partial charge on any atom is 0.310 e. The van der Waals surface area contributed by atoms with E-state index in [0.717, 1.165) is 6.07 Å². The molecule has 132 valence electrons. The Bertz CT molecular complexity index is 780. The first kappa shape index (κ1) is 18.5. The molecule has 2 rings (SSSR count). The molecule has 0 unspecified atom stereocenters. The van der Waals surface area contributed by atoms with Gasteiger partial charge in [0.1, 0.15) is 17.5 Å². The highest BCUT2D eigenvalue weighted by Crippen LogP contribution is 2.17. The zero-order chi connectivity index (χ0) is 18.4. The van der Waals surface area contributed by atoms with Gasteiger partial charge in [0, 0.05) is 11.6 Å². The lowest BCUT2D eigenvalue weighted by molar-refractivity contribution is -0.148. The molecule has 1 atom stereocenters. The molecule has 0 aliphatic rings. The molecule has 4 nitrogen and oxygen atoms in total. The molecule has 7 heteroatoms. The van der Waals surface area contributed by atoms with E-state index in [4.69, 9.17) is 4.74 Å². The van der Waals surface area contributed by atoms with Gasteiger partial charge in [-0.05, 0) is 24.6 Å². The summed E-state index contributed by atoms with van der Waals surface area (Å²) in [6.45, 7) is 0.926. The third kappa shape index (κ3) is 5.34. The van der Waals surface area contributed by atoms with Gasteiger partial charge >= 0.3 is 5.97 Å². The number of nitrogens with one attached hydrogen (secondary N) is 1. The van der Waals surface area contributed by atoms with Crippen molar-refractivity contribution in [2.24, 2.45) is 0 Å². The molecule has 1 amide bonds. The summed E-state index contributed by atoms with van der Waals surface area (Å²) in [5.41, 5.74) is 0.266. The summed E-state index contributed by atoms with van der Waals surface area (Å²) in [4.78, 5) is 23.4. The minimum atomic E-state index is -0.788. The summed E-state index contributed by atoms with van der Waals surface area (Å²) >= 11 is 0. The smallest absolute Gasteiger partial charge is 0.310 e. The summed E-state index contributed by atoms with van der Waals surface area (Å²) in [6, 6.07) is 8.01. The van der Waals surface area contributed by atoms with E-state index in [2.05, 4.69) is 5.32 Å². The van der Waals surface area contributed by atoms with Crippen molar-refractivity contribution in [3.63, 3.8) is 0 Å². The van der Waals surface area contributed by atoms with Crippen LogP contribution in [0.2, 0.25) is 0 Å². The van der Waals surface area contributed by atoms with Crippen molar-refractivity contribution in [3.05, 3.63) is 71.0 Å². The lowest BCUT2D eigenvalue weighted by Crippen LogP contribution is -2.31. The summed E-state index contributed by atoms with van der Waals surface area (Å²) in [5.74, 6) is -3.46. The number of amides is 1. The molecular formula is C18H16F3NO3. The zero-order valence-electron chi connectivity index (χ0n) is 13.4. The number of halogens is 3. The van der Waals surface area contributed by atoms with E-state index in [0.29, 0.717) is 6.07 Å². The third-order valence-corrected chi connectivity index (χ3v) is 3.46. The van der Waals surface area contributed by atoms with Crippen molar-refractivity contribution in [2.45, 2.75) is 19.4 Å². The molecule has 2 aromatic rings. The van der Waals surface area contributed by atoms with Crippen molar-refractivity contribution in [1.82, 2.24) is 5.32 Å². The molecule has 0 fully saturated rings.